The summed E-state index contributed by atoms with van der Waals surface area (Å²) < 4.78 is 0. The lowest BCUT2D eigenvalue weighted by Gasteiger charge is -2.24. The molecule has 1 saturated heterocycles. The van der Waals surface area contributed by atoms with E-state index in [2.05, 4.69) is 30.6 Å². The molecule has 0 radical (unpaired) electrons. The molecule has 1 aliphatic heterocycles. The molecule has 0 saturated carbocycles. The molecule has 114 valence electrons. The van der Waals surface area contributed by atoms with Crippen LogP contribution >= 0.6 is 0 Å². The number of nitrogens with one attached hydrogen (secondary N) is 4. The number of hydrogen-bond donors (Lipinski definition) is 4. The molecule has 7 heteroatoms. The molecule has 1 aliphatic rings. The summed E-state index contributed by atoms with van der Waals surface area (Å²) >= 11 is 0. The van der Waals surface area contributed by atoms with Crippen LogP contribution in [0.3, 0.4) is 0 Å². The molecule has 1 fully saturated rings. The highest BCUT2D eigenvalue weighted by Gasteiger charge is 2.13. The third-order valence-corrected chi connectivity index (χ3v) is 3.51. The van der Waals surface area contributed by atoms with E-state index in [4.69, 9.17) is 5.41 Å². The standard InChI is InChI=1S/C15H19N7/c16-5-1-4-14-19-9-13(21-14)12-8-18-10-15(22-12)20-11-3-2-6-17-7-11/h1,4-5,8-11,16-17H,2-3,6-7H2,(H,19,21)(H,20,22)/b4-1-,16-5?. The smallest absolute Gasteiger partial charge is 0.145 e. The van der Waals surface area contributed by atoms with E-state index < -0.39 is 0 Å². The van der Waals surface area contributed by atoms with Crippen LogP contribution in [0.5, 0.6) is 0 Å². The third-order valence-electron chi connectivity index (χ3n) is 3.51. The van der Waals surface area contributed by atoms with Gasteiger partial charge in [-0.15, -0.1) is 0 Å². The fourth-order valence-corrected chi connectivity index (χ4v) is 2.44. The van der Waals surface area contributed by atoms with Gasteiger partial charge in [-0.25, -0.2) is 9.97 Å². The second-order valence-electron chi connectivity index (χ2n) is 5.19. The molecule has 2 aromatic heterocycles. The summed E-state index contributed by atoms with van der Waals surface area (Å²) in [6, 6.07) is 0.395. The van der Waals surface area contributed by atoms with Gasteiger partial charge < -0.3 is 21.0 Å². The minimum atomic E-state index is 0.395. The van der Waals surface area contributed by atoms with Crippen LogP contribution in [-0.4, -0.2) is 45.3 Å². The molecule has 2 aromatic rings. The molecule has 0 aromatic carbocycles. The van der Waals surface area contributed by atoms with Gasteiger partial charge in [-0.2, -0.15) is 0 Å². The quantitative estimate of drug-likeness (QED) is 0.629. The van der Waals surface area contributed by atoms with Gasteiger partial charge in [0, 0.05) is 18.8 Å². The SMILES string of the molecule is N=C/C=C\c1ncc(-c2cncc(NC3CCCNC3)n2)[nH]1. The van der Waals surface area contributed by atoms with Gasteiger partial charge in [0.25, 0.3) is 0 Å². The molecule has 0 amide bonds. The highest BCUT2D eigenvalue weighted by Crippen LogP contribution is 2.17. The molecule has 4 N–H and O–H groups in total. The summed E-state index contributed by atoms with van der Waals surface area (Å²) in [5.41, 5.74) is 1.55. The van der Waals surface area contributed by atoms with Crippen LogP contribution in [0, 0.1) is 5.41 Å². The van der Waals surface area contributed by atoms with Gasteiger partial charge in [0.1, 0.15) is 17.3 Å². The largest absolute Gasteiger partial charge is 0.365 e. The van der Waals surface area contributed by atoms with E-state index in [1.54, 1.807) is 30.7 Å². The van der Waals surface area contributed by atoms with Gasteiger partial charge in [0.15, 0.2) is 0 Å². The minimum Gasteiger partial charge on any atom is -0.365 e. The average Bonchev–Trinajstić information content (AvgIpc) is 3.03. The summed E-state index contributed by atoms with van der Waals surface area (Å²) in [7, 11) is 0. The second kappa shape index (κ2) is 6.95. The molecule has 0 bridgehead atoms. The van der Waals surface area contributed by atoms with E-state index in [9.17, 15) is 0 Å². The van der Waals surface area contributed by atoms with E-state index >= 15 is 0 Å². The highest BCUT2D eigenvalue weighted by atomic mass is 15.1. The Hall–Kier alpha value is -2.54. The number of H-pyrrole nitrogens is 1. The van der Waals surface area contributed by atoms with Gasteiger partial charge in [-0.1, -0.05) is 0 Å². The lowest BCUT2D eigenvalue weighted by atomic mass is 10.1. The van der Waals surface area contributed by atoms with E-state index in [0.29, 0.717) is 11.9 Å². The van der Waals surface area contributed by atoms with Crippen LogP contribution in [0.2, 0.25) is 0 Å². The number of aromatic nitrogens is 4. The van der Waals surface area contributed by atoms with Crippen molar-refractivity contribution in [3.8, 4) is 11.4 Å². The molecule has 1 unspecified atom stereocenters. The van der Waals surface area contributed by atoms with Crippen molar-refractivity contribution in [2.75, 3.05) is 18.4 Å². The molecule has 22 heavy (non-hydrogen) atoms. The molecular formula is C15H19N7. The number of hydrogen-bond acceptors (Lipinski definition) is 6. The van der Waals surface area contributed by atoms with Crippen LogP contribution in [0.4, 0.5) is 5.82 Å². The van der Waals surface area contributed by atoms with Crippen LogP contribution in [-0.2, 0) is 0 Å². The fourth-order valence-electron chi connectivity index (χ4n) is 2.44. The first-order valence-corrected chi connectivity index (χ1v) is 7.37. The van der Waals surface area contributed by atoms with Crippen LogP contribution in [0.15, 0.2) is 24.7 Å². The van der Waals surface area contributed by atoms with Gasteiger partial charge in [-0.05, 0) is 31.5 Å². The Bertz CT molecular complexity index is 655. The Kier molecular flexibility index (Phi) is 4.55. The zero-order chi connectivity index (χ0) is 15.2. The Morgan fingerprint density at radius 1 is 1.32 bits per heavy atom. The van der Waals surface area contributed by atoms with E-state index in [1.807, 2.05) is 0 Å². The molecule has 3 heterocycles. The first kappa shape index (κ1) is 14.4. The first-order chi connectivity index (χ1) is 10.8. The molecular weight excluding hydrogens is 278 g/mol. The van der Waals surface area contributed by atoms with Crippen molar-refractivity contribution in [2.24, 2.45) is 0 Å². The van der Waals surface area contributed by atoms with Gasteiger partial charge in [-0.3, -0.25) is 4.98 Å². The van der Waals surface area contributed by atoms with Crippen LogP contribution in [0.25, 0.3) is 17.5 Å². The number of nitrogens with zero attached hydrogens (tertiary/aromatic N) is 3. The normalized spacial score (nSPS) is 18.5. The topological polar surface area (TPSA) is 102 Å². The maximum atomic E-state index is 6.98. The Balaban J connectivity index is 1.74. The summed E-state index contributed by atoms with van der Waals surface area (Å²) in [4.78, 5) is 16.2. The predicted molar refractivity (Wildman–Crippen MR) is 86.9 cm³/mol. The maximum absolute atomic E-state index is 6.98. The van der Waals surface area contributed by atoms with Crippen molar-refractivity contribution in [2.45, 2.75) is 18.9 Å². The highest BCUT2D eigenvalue weighted by molar-refractivity contribution is 5.74. The second-order valence-corrected chi connectivity index (χ2v) is 5.19. The summed E-state index contributed by atoms with van der Waals surface area (Å²) in [6.07, 6.45) is 12.0. The number of aromatic amines is 1. The van der Waals surface area contributed by atoms with Gasteiger partial charge in [0.2, 0.25) is 0 Å². The number of anilines is 1. The zero-order valence-electron chi connectivity index (χ0n) is 12.2. The molecule has 0 spiro atoms. The number of rotatable bonds is 5. The van der Waals surface area contributed by atoms with Gasteiger partial charge in [0.05, 0.1) is 24.3 Å². The van der Waals surface area contributed by atoms with E-state index in [1.165, 1.54) is 12.6 Å². The summed E-state index contributed by atoms with van der Waals surface area (Å²) in [6.45, 7) is 2.04. The fraction of sp³-hybridized carbons (Fsp3) is 0.333. The van der Waals surface area contributed by atoms with Crippen LogP contribution < -0.4 is 10.6 Å². The Labute approximate surface area is 128 Å². The minimum absolute atomic E-state index is 0.395. The first-order valence-electron chi connectivity index (χ1n) is 7.37. The van der Waals surface area contributed by atoms with Crippen molar-refractivity contribution < 1.29 is 0 Å². The van der Waals surface area contributed by atoms with Crippen molar-refractivity contribution in [1.29, 1.82) is 5.41 Å². The lowest BCUT2D eigenvalue weighted by molar-refractivity contribution is 0.479. The maximum Gasteiger partial charge on any atom is 0.145 e. The molecule has 7 nitrogen and oxygen atoms in total. The zero-order valence-corrected chi connectivity index (χ0v) is 12.2. The van der Waals surface area contributed by atoms with Gasteiger partial charge >= 0.3 is 0 Å². The Morgan fingerprint density at radius 3 is 3.09 bits per heavy atom. The number of piperidine rings is 1. The molecule has 0 aliphatic carbocycles. The van der Waals surface area contributed by atoms with Crippen LogP contribution in [0.1, 0.15) is 18.7 Å². The lowest BCUT2D eigenvalue weighted by Crippen LogP contribution is -2.38. The average molecular weight is 297 g/mol. The Morgan fingerprint density at radius 2 is 2.27 bits per heavy atom. The monoisotopic (exact) mass is 297 g/mol. The van der Waals surface area contributed by atoms with Crippen molar-refractivity contribution in [1.82, 2.24) is 25.3 Å². The number of imidazole rings is 1. The van der Waals surface area contributed by atoms with Crippen molar-refractivity contribution in [3.05, 3.63) is 30.5 Å². The summed E-state index contributed by atoms with van der Waals surface area (Å²) in [5.74, 6) is 1.47. The summed E-state index contributed by atoms with van der Waals surface area (Å²) in [5, 5.41) is 13.8. The molecule has 1 atom stereocenters. The van der Waals surface area contributed by atoms with E-state index in [0.717, 1.165) is 36.7 Å². The predicted octanol–water partition coefficient (Wildman–Crippen LogP) is 1.69. The van der Waals surface area contributed by atoms with Crippen molar-refractivity contribution in [3.63, 3.8) is 0 Å². The van der Waals surface area contributed by atoms with Crippen molar-refractivity contribution >= 4 is 18.1 Å². The third kappa shape index (κ3) is 3.56. The van der Waals surface area contributed by atoms with E-state index in [-0.39, 0.29) is 0 Å². The molecule has 3 rings (SSSR count). The number of allylic oxidation sites excluding steroid dienone is 1.